The molecular weight excluding hydrogens is 226 g/mol. The van der Waals surface area contributed by atoms with Crippen molar-refractivity contribution in [2.75, 3.05) is 0 Å². The number of benzene rings is 2. The predicted octanol–water partition coefficient (Wildman–Crippen LogP) is 3.12. The highest BCUT2D eigenvalue weighted by Gasteiger charge is 2.10. The molecule has 0 amide bonds. The Hall–Kier alpha value is -2.29. The zero-order valence-corrected chi connectivity index (χ0v) is 10.2. The number of hydrogen-bond donors (Lipinski definition) is 2. The van der Waals surface area contributed by atoms with Gasteiger partial charge in [0.05, 0.1) is 5.71 Å². The Morgan fingerprint density at radius 3 is 2.50 bits per heavy atom. The highest BCUT2D eigenvalue weighted by Crippen LogP contribution is 2.20. The van der Waals surface area contributed by atoms with Crippen LogP contribution >= 0.6 is 0 Å². The second-order valence-electron chi connectivity index (χ2n) is 4.23. The molecule has 0 bridgehead atoms. The summed E-state index contributed by atoms with van der Waals surface area (Å²) >= 11 is 0. The summed E-state index contributed by atoms with van der Waals surface area (Å²) in [5.74, 6) is 0.129. The molecule has 2 rings (SSSR count). The number of hydrogen-bond acceptors (Lipinski definition) is 3. The van der Waals surface area contributed by atoms with Crippen molar-refractivity contribution in [3.63, 3.8) is 0 Å². The maximum atomic E-state index is 9.82. The first-order valence-corrected chi connectivity index (χ1v) is 5.75. The monoisotopic (exact) mass is 241 g/mol. The summed E-state index contributed by atoms with van der Waals surface area (Å²) < 4.78 is 0. The predicted molar refractivity (Wildman–Crippen MR) is 71.3 cm³/mol. The number of aryl methyl sites for hydroxylation is 1. The third-order valence-electron chi connectivity index (χ3n) is 2.80. The first-order chi connectivity index (χ1) is 8.70. The summed E-state index contributed by atoms with van der Waals surface area (Å²) in [6, 6.07) is 14.9. The van der Waals surface area contributed by atoms with Crippen LogP contribution in [0.1, 0.15) is 16.7 Å². The van der Waals surface area contributed by atoms with Crippen LogP contribution in [0.4, 0.5) is 0 Å². The normalized spacial score (nSPS) is 11.5. The molecule has 3 nitrogen and oxygen atoms in total. The van der Waals surface area contributed by atoms with Gasteiger partial charge in [0.15, 0.2) is 0 Å². The summed E-state index contributed by atoms with van der Waals surface area (Å²) in [5, 5.41) is 22.3. The van der Waals surface area contributed by atoms with Gasteiger partial charge in [-0.2, -0.15) is 0 Å². The molecule has 0 saturated heterocycles. The standard InChI is InChI=1S/C15H15NO2/c1-11-7-8-15(17)13(9-11)14(16-18)10-12-5-3-2-4-6-12/h2-9,17-18H,10H2,1H3/b16-14+. The van der Waals surface area contributed by atoms with Crippen molar-refractivity contribution >= 4 is 5.71 Å². The van der Waals surface area contributed by atoms with E-state index in [4.69, 9.17) is 5.21 Å². The van der Waals surface area contributed by atoms with Gasteiger partial charge < -0.3 is 10.3 Å². The average molecular weight is 241 g/mol. The summed E-state index contributed by atoms with van der Waals surface area (Å²) in [5.41, 5.74) is 3.08. The molecule has 0 aliphatic carbocycles. The fraction of sp³-hybridized carbons (Fsp3) is 0.133. The van der Waals surface area contributed by atoms with Gasteiger partial charge in [0.2, 0.25) is 0 Å². The SMILES string of the molecule is Cc1ccc(O)c(/C(Cc2ccccc2)=N/O)c1. The van der Waals surface area contributed by atoms with Crippen LogP contribution in [0.2, 0.25) is 0 Å². The molecule has 92 valence electrons. The van der Waals surface area contributed by atoms with Gasteiger partial charge in [0, 0.05) is 12.0 Å². The highest BCUT2D eigenvalue weighted by molar-refractivity contribution is 6.03. The van der Waals surface area contributed by atoms with Crippen molar-refractivity contribution in [1.82, 2.24) is 0 Å². The van der Waals surface area contributed by atoms with E-state index in [1.54, 1.807) is 6.07 Å². The minimum Gasteiger partial charge on any atom is -0.507 e. The lowest BCUT2D eigenvalue weighted by molar-refractivity contribution is 0.318. The van der Waals surface area contributed by atoms with Gasteiger partial charge >= 0.3 is 0 Å². The van der Waals surface area contributed by atoms with Gasteiger partial charge in [-0.25, -0.2) is 0 Å². The maximum Gasteiger partial charge on any atom is 0.124 e. The van der Waals surface area contributed by atoms with Gasteiger partial charge in [-0.05, 0) is 24.6 Å². The molecule has 0 saturated carbocycles. The van der Waals surface area contributed by atoms with E-state index in [1.165, 1.54) is 0 Å². The summed E-state index contributed by atoms with van der Waals surface area (Å²) in [7, 11) is 0. The van der Waals surface area contributed by atoms with Crippen LogP contribution in [0.15, 0.2) is 53.7 Å². The van der Waals surface area contributed by atoms with Crippen molar-refractivity contribution in [3.8, 4) is 5.75 Å². The topological polar surface area (TPSA) is 52.8 Å². The van der Waals surface area contributed by atoms with Gasteiger partial charge in [0.25, 0.3) is 0 Å². The number of phenols is 1. The van der Waals surface area contributed by atoms with Gasteiger partial charge in [-0.1, -0.05) is 47.1 Å². The average Bonchev–Trinajstić information content (AvgIpc) is 2.40. The first-order valence-electron chi connectivity index (χ1n) is 5.75. The molecule has 0 spiro atoms. The van der Waals surface area contributed by atoms with Crippen LogP contribution in [0.3, 0.4) is 0 Å². The van der Waals surface area contributed by atoms with E-state index in [2.05, 4.69) is 5.16 Å². The molecule has 0 aromatic heterocycles. The minimum absolute atomic E-state index is 0.129. The van der Waals surface area contributed by atoms with Crippen LogP contribution in [0.25, 0.3) is 0 Å². The molecule has 3 heteroatoms. The summed E-state index contributed by atoms with van der Waals surface area (Å²) in [6.45, 7) is 1.93. The zero-order chi connectivity index (χ0) is 13.0. The smallest absolute Gasteiger partial charge is 0.124 e. The molecule has 0 unspecified atom stereocenters. The third-order valence-corrected chi connectivity index (χ3v) is 2.80. The van der Waals surface area contributed by atoms with Crippen molar-refractivity contribution in [3.05, 3.63) is 65.2 Å². The lowest BCUT2D eigenvalue weighted by Crippen LogP contribution is -2.06. The molecule has 2 aromatic carbocycles. The van der Waals surface area contributed by atoms with E-state index in [0.29, 0.717) is 17.7 Å². The van der Waals surface area contributed by atoms with E-state index in [0.717, 1.165) is 11.1 Å². The summed E-state index contributed by atoms with van der Waals surface area (Å²) in [6.07, 6.45) is 0.481. The van der Waals surface area contributed by atoms with Crippen LogP contribution in [-0.4, -0.2) is 16.0 Å². The Balaban J connectivity index is 2.32. The lowest BCUT2D eigenvalue weighted by Gasteiger charge is -2.08. The molecule has 18 heavy (non-hydrogen) atoms. The van der Waals surface area contributed by atoms with Crippen LogP contribution in [0, 0.1) is 6.92 Å². The van der Waals surface area contributed by atoms with E-state index < -0.39 is 0 Å². The molecule has 0 aliphatic rings. The fourth-order valence-corrected chi connectivity index (χ4v) is 1.85. The van der Waals surface area contributed by atoms with Crippen LogP contribution in [0.5, 0.6) is 5.75 Å². The molecule has 0 radical (unpaired) electrons. The van der Waals surface area contributed by atoms with Gasteiger partial charge in [-0.15, -0.1) is 0 Å². The molecule has 0 atom stereocenters. The molecule has 2 N–H and O–H groups in total. The van der Waals surface area contributed by atoms with Crippen LogP contribution < -0.4 is 0 Å². The Labute approximate surface area is 106 Å². The fourth-order valence-electron chi connectivity index (χ4n) is 1.85. The molecule has 2 aromatic rings. The van der Waals surface area contributed by atoms with Crippen LogP contribution in [-0.2, 0) is 6.42 Å². The molecule has 0 aliphatic heterocycles. The van der Waals surface area contributed by atoms with Gasteiger partial charge in [-0.3, -0.25) is 0 Å². The maximum absolute atomic E-state index is 9.82. The van der Waals surface area contributed by atoms with Crippen molar-refractivity contribution < 1.29 is 10.3 Å². The molecule has 0 heterocycles. The Bertz CT molecular complexity index is 562. The van der Waals surface area contributed by atoms with E-state index >= 15 is 0 Å². The van der Waals surface area contributed by atoms with E-state index in [9.17, 15) is 5.11 Å². The Morgan fingerprint density at radius 2 is 1.83 bits per heavy atom. The number of rotatable bonds is 3. The molecular formula is C15H15NO2. The number of phenolic OH excluding ortho intramolecular Hbond substituents is 1. The lowest BCUT2D eigenvalue weighted by atomic mass is 10.00. The van der Waals surface area contributed by atoms with Crippen molar-refractivity contribution in [1.29, 1.82) is 0 Å². The molecule has 0 fully saturated rings. The van der Waals surface area contributed by atoms with Crippen molar-refractivity contribution in [2.45, 2.75) is 13.3 Å². The van der Waals surface area contributed by atoms with E-state index in [1.807, 2.05) is 49.4 Å². The largest absolute Gasteiger partial charge is 0.507 e. The first kappa shape index (κ1) is 12.2. The van der Waals surface area contributed by atoms with Gasteiger partial charge in [0.1, 0.15) is 5.75 Å². The van der Waals surface area contributed by atoms with E-state index in [-0.39, 0.29) is 5.75 Å². The number of aromatic hydroxyl groups is 1. The van der Waals surface area contributed by atoms with Crippen molar-refractivity contribution in [2.24, 2.45) is 5.16 Å². The number of nitrogens with zero attached hydrogens (tertiary/aromatic N) is 1. The highest BCUT2D eigenvalue weighted by atomic mass is 16.4. The second kappa shape index (κ2) is 5.36. The quantitative estimate of drug-likeness (QED) is 0.493. The minimum atomic E-state index is 0.129. The number of oxime groups is 1. The third kappa shape index (κ3) is 2.69. The Kier molecular flexibility index (Phi) is 3.63. The summed E-state index contributed by atoms with van der Waals surface area (Å²) in [4.78, 5) is 0. The zero-order valence-electron chi connectivity index (χ0n) is 10.2. The second-order valence-corrected chi connectivity index (χ2v) is 4.23. The Morgan fingerprint density at radius 1 is 1.11 bits per heavy atom.